The summed E-state index contributed by atoms with van der Waals surface area (Å²) in [7, 11) is -3.89. The van der Waals surface area contributed by atoms with Crippen LogP contribution in [0.15, 0.2) is 84.0 Å². The number of amides is 2. The van der Waals surface area contributed by atoms with Crippen LogP contribution in [-0.4, -0.2) is 66.2 Å². The van der Waals surface area contributed by atoms with Crippen molar-refractivity contribution in [2.24, 2.45) is 0 Å². The molecule has 3 heterocycles. The van der Waals surface area contributed by atoms with E-state index in [0.29, 0.717) is 60.6 Å². The van der Waals surface area contributed by atoms with E-state index in [1.165, 1.54) is 6.07 Å². The number of benzene rings is 2. The highest BCUT2D eigenvalue weighted by molar-refractivity contribution is 7.93. The molecule has 1 N–H and O–H groups in total. The molecule has 2 aromatic carbocycles. The van der Waals surface area contributed by atoms with Gasteiger partial charge in [-0.15, -0.1) is 0 Å². The first-order valence-corrected chi connectivity index (χ1v) is 13.8. The topological polar surface area (TPSA) is 113 Å². The van der Waals surface area contributed by atoms with Gasteiger partial charge < -0.3 is 9.80 Å². The van der Waals surface area contributed by atoms with Crippen LogP contribution in [-0.2, 0) is 10.0 Å². The first-order chi connectivity index (χ1) is 18.3. The Labute approximate surface area is 221 Å². The lowest BCUT2D eigenvalue weighted by Crippen LogP contribution is -2.37. The Morgan fingerprint density at radius 1 is 0.789 bits per heavy atom. The second-order valence-electron chi connectivity index (χ2n) is 9.09. The fraction of sp³-hybridized carbons (Fsp3) is 0.214. The molecule has 0 aliphatic carbocycles. The molecule has 0 atom stereocenters. The molecule has 5 rings (SSSR count). The van der Waals surface area contributed by atoms with Crippen LogP contribution in [0.4, 0.5) is 5.69 Å². The van der Waals surface area contributed by atoms with Gasteiger partial charge in [0.15, 0.2) is 0 Å². The number of pyridine rings is 2. The number of nitrogens with one attached hydrogen (secondary N) is 1. The summed E-state index contributed by atoms with van der Waals surface area (Å²) >= 11 is 0. The number of hydrogen-bond acceptors (Lipinski definition) is 6. The number of carbonyl (C=O) groups excluding carboxylic acids is 2. The smallest absolute Gasteiger partial charge is 0.264 e. The summed E-state index contributed by atoms with van der Waals surface area (Å²) < 4.78 is 28.7. The van der Waals surface area contributed by atoms with Crippen LogP contribution in [0.5, 0.6) is 0 Å². The molecule has 0 spiro atoms. The van der Waals surface area contributed by atoms with Gasteiger partial charge in [0.25, 0.3) is 21.8 Å². The largest absolute Gasteiger partial charge is 0.337 e. The van der Waals surface area contributed by atoms with E-state index in [1.807, 2.05) is 6.92 Å². The van der Waals surface area contributed by atoms with Crippen molar-refractivity contribution < 1.29 is 18.0 Å². The van der Waals surface area contributed by atoms with Gasteiger partial charge in [0.1, 0.15) is 4.90 Å². The Morgan fingerprint density at radius 3 is 2.18 bits per heavy atom. The van der Waals surface area contributed by atoms with E-state index in [-0.39, 0.29) is 16.7 Å². The van der Waals surface area contributed by atoms with Crippen LogP contribution in [0.2, 0.25) is 0 Å². The number of rotatable bonds is 5. The maximum absolute atomic E-state index is 13.2. The van der Waals surface area contributed by atoms with Gasteiger partial charge in [-0.05, 0) is 61.9 Å². The summed E-state index contributed by atoms with van der Waals surface area (Å²) in [5.74, 6) is -0.243. The lowest BCUT2D eigenvalue weighted by molar-refractivity contribution is 0.0718. The summed E-state index contributed by atoms with van der Waals surface area (Å²) in [5, 5.41) is 0.726. The SMILES string of the molecule is Cc1ncccc1C(=O)N1CCCN(C(=O)c2ccc(NS(=O)(=O)c3cccc4cccnc34)cc2)CC1. The third-order valence-corrected chi connectivity index (χ3v) is 7.99. The Balaban J connectivity index is 1.25. The molecule has 1 aliphatic heterocycles. The van der Waals surface area contributed by atoms with Crippen molar-refractivity contribution in [1.29, 1.82) is 0 Å². The van der Waals surface area contributed by atoms with Gasteiger partial charge in [0, 0.05) is 60.9 Å². The van der Waals surface area contributed by atoms with Crippen molar-refractivity contribution in [3.8, 4) is 0 Å². The van der Waals surface area contributed by atoms with Gasteiger partial charge in [-0.3, -0.25) is 24.3 Å². The third-order valence-electron chi connectivity index (χ3n) is 6.58. The van der Waals surface area contributed by atoms with Gasteiger partial charge in [-0.1, -0.05) is 18.2 Å². The molecule has 0 radical (unpaired) electrons. The molecule has 2 amide bonds. The molecule has 1 aliphatic rings. The van der Waals surface area contributed by atoms with E-state index < -0.39 is 10.0 Å². The zero-order valence-electron chi connectivity index (χ0n) is 20.9. The molecule has 9 nitrogen and oxygen atoms in total. The summed E-state index contributed by atoms with van der Waals surface area (Å²) in [6.45, 7) is 3.73. The Morgan fingerprint density at radius 2 is 1.45 bits per heavy atom. The lowest BCUT2D eigenvalue weighted by atomic mass is 10.1. The first-order valence-electron chi connectivity index (χ1n) is 12.3. The average Bonchev–Trinajstić information content (AvgIpc) is 3.19. The average molecular weight is 530 g/mol. The van der Waals surface area contributed by atoms with Crippen LogP contribution in [0.3, 0.4) is 0 Å². The molecule has 10 heteroatoms. The van der Waals surface area contributed by atoms with Crippen LogP contribution >= 0.6 is 0 Å². The molecule has 38 heavy (non-hydrogen) atoms. The number of fused-ring (bicyclic) bond motifs is 1. The summed E-state index contributed by atoms with van der Waals surface area (Å²) in [6, 6.07) is 18.4. The maximum atomic E-state index is 13.2. The zero-order valence-corrected chi connectivity index (χ0v) is 21.7. The van der Waals surface area contributed by atoms with Gasteiger partial charge in [-0.25, -0.2) is 8.42 Å². The molecule has 1 saturated heterocycles. The molecule has 0 unspecified atom stereocenters. The van der Waals surface area contributed by atoms with Crippen molar-refractivity contribution in [1.82, 2.24) is 19.8 Å². The maximum Gasteiger partial charge on any atom is 0.264 e. The molecule has 4 aromatic rings. The van der Waals surface area contributed by atoms with Crippen LogP contribution in [0.1, 0.15) is 32.8 Å². The number of aryl methyl sites for hydroxylation is 1. The second kappa shape index (κ2) is 10.6. The highest BCUT2D eigenvalue weighted by Gasteiger charge is 2.25. The molecular formula is C28H27N5O4S. The summed E-state index contributed by atoms with van der Waals surface area (Å²) in [4.78, 5) is 38.2. The summed E-state index contributed by atoms with van der Waals surface area (Å²) in [6.07, 6.45) is 3.87. The second-order valence-corrected chi connectivity index (χ2v) is 10.7. The van der Waals surface area contributed by atoms with E-state index in [0.717, 1.165) is 5.39 Å². The van der Waals surface area contributed by atoms with Crippen LogP contribution < -0.4 is 4.72 Å². The number of hydrogen-bond donors (Lipinski definition) is 1. The minimum Gasteiger partial charge on any atom is -0.337 e. The van der Waals surface area contributed by atoms with Gasteiger partial charge in [0.05, 0.1) is 11.1 Å². The first kappa shape index (κ1) is 25.3. The number of para-hydroxylation sites is 1. The van der Waals surface area contributed by atoms with Gasteiger partial charge in [-0.2, -0.15) is 0 Å². The van der Waals surface area contributed by atoms with Crippen LogP contribution in [0.25, 0.3) is 10.9 Å². The summed E-state index contributed by atoms with van der Waals surface area (Å²) in [5.41, 5.74) is 2.44. The molecule has 0 bridgehead atoms. The quantitative estimate of drug-likeness (QED) is 0.422. The number of sulfonamides is 1. The highest BCUT2D eigenvalue weighted by atomic mass is 32.2. The zero-order chi connectivity index (χ0) is 26.7. The van der Waals surface area contributed by atoms with Gasteiger partial charge in [0.2, 0.25) is 0 Å². The highest BCUT2D eigenvalue weighted by Crippen LogP contribution is 2.24. The van der Waals surface area contributed by atoms with Crippen molar-refractivity contribution in [2.75, 3.05) is 30.9 Å². The minimum absolute atomic E-state index is 0.0806. The number of nitrogens with zero attached hydrogens (tertiary/aromatic N) is 4. The lowest BCUT2D eigenvalue weighted by Gasteiger charge is -2.23. The Hall–Kier alpha value is -4.31. The van der Waals surface area contributed by atoms with E-state index in [2.05, 4.69) is 14.7 Å². The standard InChI is InChI=1S/C28H27N5O4S/c1-20-24(8-4-14-29-20)28(35)33-17-5-16-32(18-19-33)27(34)22-10-12-23(13-11-22)31-38(36,37)25-9-2-6-21-7-3-15-30-26(21)25/h2-4,6-15,31H,5,16-19H2,1H3. The third kappa shape index (κ3) is 5.21. The fourth-order valence-corrected chi connectivity index (χ4v) is 5.81. The van der Waals surface area contributed by atoms with E-state index in [9.17, 15) is 18.0 Å². The predicted molar refractivity (Wildman–Crippen MR) is 144 cm³/mol. The minimum atomic E-state index is -3.89. The number of anilines is 1. The van der Waals surface area contributed by atoms with E-state index in [1.54, 1.807) is 82.9 Å². The van der Waals surface area contributed by atoms with E-state index in [4.69, 9.17) is 0 Å². The molecule has 1 fully saturated rings. The normalized spacial score (nSPS) is 14.2. The predicted octanol–water partition coefficient (Wildman–Crippen LogP) is 3.73. The molecular weight excluding hydrogens is 502 g/mol. The van der Waals surface area contributed by atoms with Crippen LogP contribution in [0, 0.1) is 6.92 Å². The van der Waals surface area contributed by atoms with Crippen molar-refractivity contribution >= 4 is 38.4 Å². The Bertz CT molecular complexity index is 1600. The number of aromatic nitrogens is 2. The monoisotopic (exact) mass is 529 g/mol. The molecule has 194 valence electrons. The molecule has 0 saturated carbocycles. The Kier molecular flexibility index (Phi) is 7.06. The van der Waals surface area contributed by atoms with Crippen molar-refractivity contribution in [2.45, 2.75) is 18.2 Å². The number of carbonyl (C=O) groups is 2. The molecule has 2 aromatic heterocycles. The fourth-order valence-electron chi connectivity index (χ4n) is 4.57. The van der Waals surface area contributed by atoms with Crippen molar-refractivity contribution in [3.63, 3.8) is 0 Å². The van der Waals surface area contributed by atoms with E-state index >= 15 is 0 Å². The van der Waals surface area contributed by atoms with Gasteiger partial charge >= 0.3 is 0 Å². The van der Waals surface area contributed by atoms with Crippen molar-refractivity contribution in [3.05, 3.63) is 95.9 Å².